The zero-order valence-electron chi connectivity index (χ0n) is 19.3. The molecule has 0 saturated heterocycles. The zero-order chi connectivity index (χ0) is 25.3. The molecule has 0 saturated carbocycles. The summed E-state index contributed by atoms with van der Waals surface area (Å²) in [5.41, 5.74) is 1.08. The first-order valence-electron chi connectivity index (χ1n) is 10.5. The Morgan fingerprint density at radius 3 is 2.59 bits per heavy atom. The zero-order valence-corrected chi connectivity index (χ0v) is 20.1. The van der Waals surface area contributed by atoms with Gasteiger partial charge in [-0.25, -0.2) is 13.9 Å². The summed E-state index contributed by atoms with van der Waals surface area (Å²) in [5.74, 6) is -0.523. The van der Waals surface area contributed by atoms with Crippen LogP contribution in [0.2, 0.25) is 5.02 Å². The maximum Gasteiger partial charge on any atom is 0.255 e. The summed E-state index contributed by atoms with van der Waals surface area (Å²) in [7, 11) is 16.2. The predicted octanol–water partition coefficient (Wildman–Crippen LogP) is 2.24. The van der Waals surface area contributed by atoms with Gasteiger partial charge in [-0.2, -0.15) is 5.10 Å². The molecule has 0 aromatic carbocycles. The van der Waals surface area contributed by atoms with E-state index >= 15 is 0 Å². The maximum absolute atomic E-state index is 14.8. The van der Waals surface area contributed by atoms with Gasteiger partial charge in [-0.1, -0.05) is 11.6 Å². The van der Waals surface area contributed by atoms with Crippen LogP contribution < -0.4 is 10.6 Å². The van der Waals surface area contributed by atoms with E-state index in [-0.39, 0.29) is 18.2 Å². The van der Waals surface area contributed by atoms with Gasteiger partial charge in [0.05, 0.1) is 75.6 Å². The summed E-state index contributed by atoms with van der Waals surface area (Å²) in [5, 5.41) is 8.46. The lowest BCUT2D eigenvalue weighted by Crippen LogP contribution is -2.51. The molecule has 1 amide bonds. The number of rotatable bonds is 9. The van der Waals surface area contributed by atoms with Crippen molar-refractivity contribution >= 4 is 52.4 Å². The van der Waals surface area contributed by atoms with E-state index in [1.807, 2.05) is 13.8 Å². The number of hydrogen-bond acceptors (Lipinski definition) is 6. The molecule has 0 aliphatic rings. The highest BCUT2D eigenvalue weighted by Crippen LogP contribution is 2.27. The fraction of sp³-hybridized carbons (Fsp3) is 0.429. The Morgan fingerprint density at radius 2 is 1.94 bits per heavy atom. The first kappa shape index (κ1) is 26.0. The van der Waals surface area contributed by atoms with Crippen molar-refractivity contribution in [3.63, 3.8) is 0 Å². The fourth-order valence-corrected chi connectivity index (χ4v) is 3.43. The number of carbonyl (C=O) groups excluding carboxylic acids is 1. The number of aromatic nitrogens is 4. The SMILES string of the molecule is [B]C([B])([B])OC(C)(C)[C@H](F)CNC(=O)c1cnc(-c2cnn3cc(Cl)cnc23)cc1NC(C)C. The minimum atomic E-state index is -2.01. The molecule has 0 aliphatic carbocycles. The van der Waals surface area contributed by atoms with E-state index in [2.05, 4.69) is 25.7 Å². The number of hydrogen-bond donors (Lipinski definition) is 2. The van der Waals surface area contributed by atoms with E-state index in [4.69, 9.17) is 39.9 Å². The Labute approximate surface area is 206 Å². The van der Waals surface area contributed by atoms with Crippen LogP contribution in [0.3, 0.4) is 0 Å². The number of nitrogens with zero attached hydrogens (tertiary/aromatic N) is 4. The molecule has 172 valence electrons. The number of fused-ring (bicyclic) bond motifs is 1. The summed E-state index contributed by atoms with van der Waals surface area (Å²) in [6.07, 6.45) is 4.53. The van der Waals surface area contributed by atoms with Crippen LogP contribution >= 0.6 is 11.6 Å². The monoisotopic (exact) mass is 478 g/mol. The molecule has 6 radical (unpaired) electrons. The lowest BCUT2D eigenvalue weighted by molar-refractivity contribution is -0.0753. The summed E-state index contributed by atoms with van der Waals surface area (Å²) < 4.78 is 21.5. The Kier molecular flexibility index (Phi) is 7.62. The van der Waals surface area contributed by atoms with Crippen molar-refractivity contribution < 1.29 is 13.9 Å². The van der Waals surface area contributed by atoms with Crippen molar-refractivity contribution in [1.82, 2.24) is 24.9 Å². The summed E-state index contributed by atoms with van der Waals surface area (Å²) in [4.78, 5) is 21.6. The number of carbonyl (C=O) groups is 1. The highest BCUT2D eigenvalue weighted by Gasteiger charge is 2.34. The summed E-state index contributed by atoms with van der Waals surface area (Å²) >= 11 is 5.98. The molecule has 0 aliphatic heterocycles. The number of amides is 1. The minimum Gasteiger partial charge on any atom is -0.394 e. The standard InChI is InChI=1S/C21H23B3ClFN6O2/c1-11(2)31-16-5-15(13-8-30-32-10-12(25)6-28-18(13)32)27-7-14(16)19(33)29-9-17(26)20(3,4)34-21(22,23)24/h5-8,10-11,17H,9H2,1-4H3,(H,27,31)(H,29,33)/t17-/m1/s1. The van der Waals surface area contributed by atoms with Gasteiger partial charge in [-0.15, -0.1) is 0 Å². The van der Waals surface area contributed by atoms with E-state index < -0.39 is 23.0 Å². The van der Waals surface area contributed by atoms with Crippen molar-refractivity contribution in [3.8, 4) is 11.3 Å². The van der Waals surface area contributed by atoms with Gasteiger partial charge in [0.15, 0.2) is 5.65 Å². The van der Waals surface area contributed by atoms with Gasteiger partial charge in [-0.3, -0.25) is 9.78 Å². The maximum atomic E-state index is 14.8. The van der Waals surface area contributed by atoms with E-state index in [0.29, 0.717) is 27.6 Å². The van der Waals surface area contributed by atoms with Crippen LogP contribution in [0.25, 0.3) is 16.9 Å². The Bertz CT molecular complexity index is 1190. The van der Waals surface area contributed by atoms with Crippen LogP contribution in [0.5, 0.6) is 0 Å². The molecule has 3 aromatic rings. The average Bonchev–Trinajstić information content (AvgIpc) is 3.12. The van der Waals surface area contributed by atoms with Crippen LogP contribution in [0, 0.1) is 0 Å². The highest BCUT2D eigenvalue weighted by atomic mass is 35.5. The molecule has 8 nitrogen and oxygen atoms in total. The van der Waals surface area contributed by atoms with Crippen LogP contribution in [0.1, 0.15) is 38.1 Å². The molecule has 2 N–H and O–H groups in total. The van der Waals surface area contributed by atoms with Crippen molar-refractivity contribution in [2.24, 2.45) is 0 Å². The van der Waals surface area contributed by atoms with Gasteiger partial charge < -0.3 is 15.4 Å². The van der Waals surface area contributed by atoms with E-state index in [9.17, 15) is 9.18 Å². The second-order valence-corrected chi connectivity index (χ2v) is 9.19. The predicted molar refractivity (Wildman–Crippen MR) is 132 cm³/mol. The van der Waals surface area contributed by atoms with Crippen molar-refractivity contribution in [2.75, 3.05) is 11.9 Å². The third-order valence-corrected chi connectivity index (χ3v) is 5.02. The third-order valence-electron chi connectivity index (χ3n) is 4.83. The smallest absolute Gasteiger partial charge is 0.255 e. The number of alkyl halides is 1. The number of halogens is 2. The Hall–Kier alpha value is -2.59. The molecule has 3 heterocycles. The first-order chi connectivity index (χ1) is 15.8. The van der Waals surface area contributed by atoms with E-state index in [0.717, 1.165) is 0 Å². The average molecular weight is 478 g/mol. The second kappa shape index (κ2) is 9.95. The van der Waals surface area contributed by atoms with Gasteiger partial charge >= 0.3 is 0 Å². The number of anilines is 1. The molecular formula is C21H23B3ClFN6O2. The molecule has 3 rings (SSSR count). The number of nitrogens with one attached hydrogen (secondary N) is 2. The van der Waals surface area contributed by atoms with Crippen LogP contribution in [0.15, 0.2) is 30.9 Å². The number of pyridine rings is 1. The summed E-state index contributed by atoms with van der Waals surface area (Å²) in [6.45, 7) is 6.37. The number of ether oxygens (including phenoxy) is 1. The Morgan fingerprint density at radius 1 is 1.24 bits per heavy atom. The van der Waals surface area contributed by atoms with Crippen LogP contribution in [0.4, 0.5) is 10.1 Å². The molecule has 13 heteroatoms. The van der Waals surface area contributed by atoms with Gasteiger partial charge in [0.25, 0.3) is 5.91 Å². The van der Waals surface area contributed by atoms with Crippen molar-refractivity contribution in [1.29, 1.82) is 0 Å². The quantitative estimate of drug-likeness (QED) is 0.459. The molecule has 1 atom stereocenters. The van der Waals surface area contributed by atoms with Crippen LogP contribution in [-0.2, 0) is 4.74 Å². The van der Waals surface area contributed by atoms with Gasteiger partial charge in [0, 0.05) is 18.4 Å². The lowest BCUT2D eigenvalue weighted by Gasteiger charge is -2.37. The van der Waals surface area contributed by atoms with E-state index in [1.165, 1.54) is 26.2 Å². The topological polar surface area (TPSA) is 93.4 Å². The van der Waals surface area contributed by atoms with E-state index in [1.54, 1.807) is 23.0 Å². The van der Waals surface area contributed by atoms with Gasteiger partial charge in [0.1, 0.15) is 6.17 Å². The molecule has 0 unspecified atom stereocenters. The normalized spacial score (nSPS) is 13.3. The minimum absolute atomic E-state index is 0.00989. The second-order valence-electron chi connectivity index (χ2n) is 8.75. The molecular weight excluding hydrogens is 455 g/mol. The molecule has 0 bridgehead atoms. The third kappa shape index (κ3) is 6.30. The van der Waals surface area contributed by atoms with Gasteiger partial charge in [-0.05, 0) is 39.1 Å². The fourth-order valence-electron chi connectivity index (χ4n) is 3.29. The molecule has 34 heavy (non-hydrogen) atoms. The molecule has 3 aromatic heterocycles. The van der Waals surface area contributed by atoms with Gasteiger partial charge in [0.2, 0.25) is 0 Å². The Balaban J connectivity index is 1.84. The van der Waals surface area contributed by atoms with Crippen molar-refractivity contribution in [3.05, 3.63) is 41.4 Å². The molecule has 0 fully saturated rings. The highest BCUT2D eigenvalue weighted by molar-refractivity contribution is 6.58. The largest absolute Gasteiger partial charge is 0.394 e. The van der Waals surface area contributed by atoms with Crippen LogP contribution in [-0.4, -0.2) is 78.7 Å². The summed E-state index contributed by atoms with van der Waals surface area (Å²) in [6, 6.07) is 1.73. The molecule has 0 spiro atoms. The van der Waals surface area contributed by atoms with Crippen molar-refractivity contribution in [2.45, 2.75) is 50.8 Å². The lowest BCUT2D eigenvalue weighted by atomic mass is 9.52. The first-order valence-corrected chi connectivity index (χ1v) is 10.9.